The maximum absolute atomic E-state index is 10.5. The van der Waals surface area contributed by atoms with E-state index in [0.29, 0.717) is 16.7 Å². The molecule has 0 fully saturated rings. The van der Waals surface area contributed by atoms with Gasteiger partial charge in [-0.1, -0.05) is 12.1 Å². The zero-order chi connectivity index (χ0) is 9.42. The molecule has 13 heavy (non-hydrogen) atoms. The number of hydrogen-bond donors (Lipinski definition) is 0. The van der Waals surface area contributed by atoms with Crippen LogP contribution in [0.4, 0.5) is 5.69 Å². The highest BCUT2D eigenvalue weighted by Gasteiger charge is 2.24. The van der Waals surface area contributed by atoms with Crippen molar-refractivity contribution in [1.29, 1.82) is 5.26 Å². The van der Waals surface area contributed by atoms with Gasteiger partial charge in [-0.15, -0.1) is 0 Å². The van der Waals surface area contributed by atoms with Gasteiger partial charge in [0.15, 0.2) is 0 Å². The second-order valence-corrected chi connectivity index (χ2v) is 2.67. The molecule has 1 aromatic rings. The minimum absolute atomic E-state index is 0.0662. The molecule has 0 saturated heterocycles. The zero-order valence-electron chi connectivity index (χ0n) is 6.52. The van der Waals surface area contributed by atoms with Crippen LogP contribution in [0, 0.1) is 21.4 Å². The van der Waals surface area contributed by atoms with Gasteiger partial charge in [0, 0.05) is 11.6 Å². The van der Waals surface area contributed by atoms with E-state index in [1.54, 1.807) is 12.1 Å². The van der Waals surface area contributed by atoms with Crippen molar-refractivity contribution in [2.75, 3.05) is 0 Å². The zero-order valence-corrected chi connectivity index (χ0v) is 6.52. The molecule has 62 valence electrons. The smallest absolute Gasteiger partial charge is 0.258 e. The summed E-state index contributed by atoms with van der Waals surface area (Å²) in [6.07, 6.45) is 1.54. The Balaban J connectivity index is 2.57. The molecule has 4 heteroatoms. The van der Waals surface area contributed by atoms with Crippen LogP contribution < -0.4 is 0 Å². The molecule has 1 aliphatic carbocycles. The highest BCUT2D eigenvalue weighted by Crippen LogP contribution is 2.37. The topological polar surface area (TPSA) is 66.9 Å². The first kappa shape index (κ1) is 7.50. The highest BCUT2D eigenvalue weighted by atomic mass is 16.6. The number of nitro groups is 1. The Morgan fingerprint density at radius 2 is 2.23 bits per heavy atom. The van der Waals surface area contributed by atoms with Crippen molar-refractivity contribution >= 4 is 17.3 Å². The predicted molar refractivity (Wildman–Crippen MR) is 46.6 cm³/mol. The molecule has 0 atom stereocenters. The van der Waals surface area contributed by atoms with E-state index >= 15 is 0 Å². The number of nitriles is 1. The Morgan fingerprint density at radius 1 is 1.46 bits per heavy atom. The third-order valence-corrected chi connectivity index (χ3v) is 1.98. The minimum atomic E-state index is -0.441. The molecule has 0 radical (unpaired) electrons. The molecular formula is C9H4N2O2. The molecule has 4 nitrogen and oxygen atoms in total. The van der Waals surface area contributed by atoms with Crippen LogP contribution in [-0.2, 0) is 0 Å². The Kier molecular flexibility index (Phi) is 1.40. The summed E-state index contributed by atoms with van der Waals surface area (Å²) >= 11 is 0. The Morgan fingerprint density at radius 3 is 2.85 bits per heavy atom. The number of allylic oxidation sites excluding steroid dienone is 1. The van der Waals surface area contributed by atoms with Crippen LogP contribution in [0.15, 0.2) is 18.2 Å². The van der Waals surface area contributed by atoms with Crippen molar-refractivity contribution in [3.8, 4) is 6.07 Å². The molecule has 0 spiro atoms. The fourth-order valence-corrected chi connectivity index (χ4v) is 1.34. The third kappa shape index (κ3) is 0.908. The van der Waals surface area contributed by atoms with Crippen LogP contribution in [0.3, 0.4) is 0 Å². The lowest BCUT2D eigenvalue weighted by molar-refractivity contribution is -0.385. The van der Waals surface area contributed by atoms with Gasteiger partial charge in [0.2, 0.25) is 0 Å². The third-order valence-electron chi connectivity index (χ3n) is 1.98. The lowest BCUT2D eigenvalue weighted by atomic mass is 9.88. The van der Waals surface area contributed by atoms with Crippen molar-refractivity contribution in [2.24, 2.45) is 0 Å². The number of nitro benzene ring substituents is 1. The molecule has 2 rings (SSSR count). The van der Waals surface area contributed by atoms with Crippen molar-refractivity contribution in [3.63, 3.8) is 0 Å². The van der Waals surface area contributed by atoms with E-state index in [4.69, 9.17) is 5.26 Å². The lowest BCUT2D eigenvalue weighted by Crippen LogP contribution is -2.01. The van der Waals surface area contributed by atoms with E-state index in [9.17, 15) is 10.1 Å². The number of hydrogen-bond acceptors (Lipinski definition) is 3. The van der Waals surface area contributed by atoms with E-state index in [0.717, 1.165) is 0 Å². The molecule has 0 unspecified atom stereocenters. The summed E-state index contributed by atoms with van der Waals surface area (Å²) < 4.78 is 0. The lowest BCUT2D eigenvalue weighted by Gasteiger charge is -2.13. The summed E-state index contributed by atoms with van der Waals surface area (Å²) in [5.41, 5.74) is 1.82. The standard InChI is InChI=1S/C9H4N2O2/c10-5-6-4-8-7(6)2-1-3-9(8)11(12)13/h1-4H. The summed E-state index contributed by atoms with van der Waals surface area (Å²) in [5, 5.41) is 19.1. The van der Waals surface area contributed by atoms with Crippen LogP contribution in [0.1, 0.15) is 11.1 Å². The van der Waals surface area contributed by atoms with Crippen LogP contribution in [0.25, 0.3) is 11.6 Å². The van der Waals surface area contributed by atoms with Gasteiger partial charge in [-0.05, 0) is 6.08 Å². The van der Waals surface area contributed by atoms with E-state index in [-0.39, 0.29) is 5.69 Å². The molecule has 0 N–H and O–H groups in total. The first-order valence-electron chi connectivity index (χ1n) is 3.63. The first-order chi connectivity index (χ1) is 6.24. The largest absolute Gasteiger partial charge is 0.277 e. The van der Waals surface area contributed by atoms with Gasteiger partial charge in [0.05, 0.1) is 22.1 Å². The molecule has 1 aliphatic rings. The van der Waals surface area contributed by atoms with Gasteiger partial charge >= 0.3 is 0 Å². The Hall–Kier alpha value is -2.15. The van der Waals surface area contributed by atoms with E-state index in [1.165, 1.54) is 12.1 Å². The normalized spacial score (nSPS) is 12.1. The van der Waals surface area contributed by atoms with Gasteiger partial charge in [0.25, 0.3) is 5.69 Å². The average Bonchev–Trinajstić information content (AvgIpc) is 2.06. The highest BCUT2D eigenvalue weighted by molar-refractivity contribution is 6.04. The molecule has 0 bridgehead atoms. The van der Waals surface area contributed by atoms with Gasteiger partial charge < -0.3 is 0 Å². The molecular weight excluding hydrogens is 168 g/mol. The second-order valence-electron chi connectivity index (χ2n) is 2.67. The number of rotatable bonds is 1. The van der Waals surface area contributed by atoms with Crippen LogP contribution >= 0.6 is 0 Å². The summed E-state index contributed by atoms with van der Waals surface area (Å²) in [6.45, 7) is 0. The molecule has 1 aromatic carbocycles. The number of nitrogens with zero attached hydrogens (tertiary/aromatic N) is 2. The maximum Gasteiger partial charge on any atom is 0.277 e. The van der Waals surface area contributed by atoms with Crippen LogP contribution in [0.2, 0.25) is 0 Å². The molecule has 0 aliphatic heterocycles. The monoisotopic (exact) mass is 172 g/mol. The van der Waals surface area contributed by atoms with Crippen molar-refractivity contribution in [2.45, 2.75) is 0 Å². The first-order valence-corrected chi connectivity index (χ1v) is 3.63. The van der Waals surface area contributed by atoms with E-state index in [1.807, 2.05) is 6.07 Å². The Labute approximate surface area is 73.9 Å². The summed E-state index contributed by atoms with van der Waals surface area (Å²) in [4.78, 5) is 10.1. The van der Waals surface area contributed by atoms with Gasteiger partial charge in [-0.3, -0.25) is 10.1 Å². The van der Waals surface area contributed by atoms with Gasteiger partial charge in [-0.25, -0.2) is 0 Å². The number of fused-ring (bicyclic) bond motifs is 1. The second kappa shape index (κ2) is 2.42. The van der Waals surface area contributed by atoms with E-state index < -0.39 is 4.92 Å². The molecule has 0 heterocycles. The minimum Gasteiger partial charge on any atom is -0.258 e. The maximum atomic E-state index is 10.5. The SMILES string of the molecule is N#CC1=Cc2c1cccc2[N+](=O)[O-]. The molecule has 0 amide bonds. The van der Waals surface area contributed by atoms with Gasteiger partial charge in [0.1, 0.15) is 0 Å². The molecule has 0 saturated carbocycles. The average molecular weight is 172 g/mol. The van der Waals surface area contributed by atoms with Crippen LogP contribution in [0.5, 0.6) is 0 Å². The van der Waals surface area contributed by atoms with Crippen molar-refractivity contribution in [1.82, 2.24) is 0 Å². The fourth-order valence-electron chi connectivity index (χ4n) is 1.34. The Bertz CT molecular complexity index is 469. The van der Waals surface area contributed by atoms with Crippen molar-refractivity contribution < 1.29 is 4.92 Å². The van der Waals surface area contributed by atoms with Crippen LogP contribution in [-0.4, -0.2) is 4.92 Å². The summed E-state index contributed by atoms with van der Waals surface area (Å²) in [6, 6.07) is 6.69. The van der Waals surface area contributed by atoms with Crippen molar-refractivity contribution in [3.05, 3.63) is 39.4 Å². The quantitative estimate of drug-likeness (QED) is 0.480. The molecule has 0 aromatic heterocycles. The summed E-state index contributed by atoms with van der Waals surface area (Å²) in [5.74, 6) is 0. The fraction of sp³-hybridized carbons (Fsp3) is 0. The number of benzene rings is 1. The van der Waals surface area contributed by atoms with Gasteiger partial charge in [-0.2, -0.15) is 5.26 Å². The predicted octanol–water partition coefficient (Wildman–Crippen LogP) is 1.97. The summed E-state index contributed by atoms with van der Waals surface area (Å²) in [7, 11) is 0. The van der Waals surface area contributed by atoms with E-state index in [2.05, 4.69) is 0 Å².